The molecular formula is C6H14BrNO2. The van der Waals surface area contributed by atoms with Gasteiger partial charge in [-0.2, -0.15) is 0 Å². The second-order valence-corrected chi connectivity index (χ2v) is 1.71. The summed E-state index contributed by atoms with van der Waals surface area (Å²) in [6.07, 6.45) is 2.56. The number of aliphatic hydroxyl groups excluding tert-OH is 1. The summed E-state index contributed by atoms with van der Waals surface area (Å²) in [6, 6.07) is 0. The number of hydrogen-bond donors (Lipinski definition) is 3. The topological polar surface area (TPSA) is 52.5 Å². The van der Waals surface area contributed by atoms with E-state index in [4.69, 9.17) is 10.2 Å². The first kappa shape index (κ1) is 12.7. The van der Waals surface area contributed by atoms with Crippen LogP contribution in [-0.2, 0) is 0 Å². The van der Waals surface area contributed by atoms with Crippen molar-refractivity contribution >= 4 is 17.0 Å². The smallest absolute Gasteiger partial charge is 0.164 e. The molecule has 0 fully saturated rings. The Balaban J connectivity index is 0. The Labute approximate surface area is 71.5 Å². The quantitative estimate of drug-likeness (QED) is 0.350. The first-order chi connectivity index (χ1) is 4.27. The van der Waals surface area contributed by atoms with Crippen LogP contribution < -0.4 is 5.32 Å². The molecule has 0 radical (unpaired) electrons. The summed E-state index contributed by atoms with van der Waals surface area (Å²) >= 11 is 0. The van der Waals surface area contributed by atoms with E-state index in [1.54, 1.807) is 0 Å². The molecule has 0 aliphatic rings. The van der Waals surface area contributed by atoms with Crippen LogP contribution in [0.25, 0.3) is 0 Å². The van der Waals surface area contributed by atoms with E-state index in [0.29, 0.717) is 6.54 Å². The van der Waals surface area contributed by atoms with Crippen molar-refractivity contribution in [3.05, 3.63) is 12.2 Å². The van der Waals surface area contributed by atoms with Crippen LogP contribution in [0.3, 0.4) is 0 Å². The summed E-state index contributed by atoms with van der Waals surface area (Å²) in [5.41, 5.74) is 0. The van der Waals surface area contributed by atoms with Crippen LogP contribution in [0.5, 0.6) is 0 Å². The van der Waals surface area contributed by atoms with Gasteiger partial charge in [0, 0.05) is 13.1 Å². The Morgan fingerprint density at radius 1 is 1.50 bits per heavy atom. The van der Waals surface area contributed by atoms with E-state index < -0.39 is 6.29 Å². The zero-order chi connectivity index (χ0) is 7.11. The van der Waals surface area contributed by atoms with E-state index in [1.165, 1.54) is 0 Å². The molecule has 0 aromatic heterocycles. The lowest BCUT2D eigenvalue weighted by atomic mass is 10.5. The molecule has 0 saturated carbocycles. The molecule has 0 heterocycles. The second-order valence-electron chi connectivity index (χ2n) is 1.71. The molecule has 0 rings (SSSR count). The van der Waals surface area contributed by atoms with Crippen molar-refractivity contribution in [2.75, 3.05) is 13.1 Å². The maximum Gasteiger partial charge on any atom is 0.164 e. The summed E-state index contributed by atoms with van der Waals surface area (Å²) in [4.78, 5) is 0. The van der Waals surface area contributed by atoms with Gasteiger partial charge in [0.15, 0.2) is 6.29 Å². The predicted octanol–water partition coefficient (Wildman–Crippen LogP) is 0.0407. The minimum atomic E-state index is -1.24. The number of rotatable bonds is 4. The summed E-state index contributed by atoms with van der Waals surface area (Å²) in [5.74, 6) is 0. The van der Waals surface area contributed by atoms with Crippen LogP contribution in [0.4, 0.5) is 0 Å². The van der Waals surface area contributed by atoms with Gasteiger partial charge in [-0.05, 0) is 6.92 Å². The van der Waals surface area contributed by atoms with Crippen molar-refractivity contribution in [1.29, 1.82) is 0 Å². The van der Waals surface area contributed by atoms with Gasteiger partial charge in [-0.25, -0.2) is 0 Å². The summed E-state index contributed by atoms with van der Waals surface area (Å²) in [6.45, 7) is 2.83. The van der Waals surface area contributed by atoms with Crippen LogP contribution in [0, 0.1) is 0 Å². The fourth-order valence-electron chi connectivity index (χ4n) is 0.414. The Hall–Kier alpha value is 0.1000. The molecule has 10 heavy (non-hydrogen) atoms. The fraction of sp³-hybridized carbons (Fsp3) is 0.667. The van der Waals surface area contributed by atoms with Gasteiger partial charge in [0.1, 0.15) is 0 Å². The Bertz CT molecular complexity index is 85.8. The molecule has 0 spiro atoms. The molecule has 62 valence electrons. The predicted molar refractivity (Wildman–Crippen MR) is 46.2 cm³/mol. The van der Waals surface area contributed by atoms with Crippen LogP contribution in [-0.4, -0.2) is 29.6 Å². The molecule has 0 aliphatic carbocycles. The van der Waals surface area contributed by atoms with Crippen molar-refractivity contribution in [2.24, 2.45) is 0 Å². The van der Waals surface area contributed by atoms with E-state index in [-0.39, 0.29) is 23.5 Å². The fourth-order valence-corrected chi connectivity index (χ4v) is 0.414. The maximum atomic E-state index is 8.32. The zero-order valence-electron chi connectivity index (χ0n) is 5.95. The Morgan fingerprint density at radius 2 is 2.10 bits per heavy atom. The minimum absolute atomic E-state index is 0. The molecule has 3 nitrogen and oxygen atoms in total. The van der Waals surface area contributed by atoms with Crippen molar-refractivity contribution < 1.29 is 10.2 Å². The standard InChI is InChI=1S/C6H13NO2.BrH/c1-2-3-4-7-5-6(8)9;/h2-3,6-9H,4-5H2,1H3;1H. The molecule has 0 aromatic carbocycles. The third kappa shape index (κ3) is 11.0. The van der Waals surface area contributed by atoms with Gasteiger partial charge in [-0.1, -0.05) is 12.2 Å². The highest BCUT2D eigenvalue weighted by molar-refractivity contribution is 8.93. The molecule has 0 unspecified atom stereocenters. The first-order valence-corrected chi connectivity index (χ1v) is 2.95. The van der Waals surface area contributed by atoms with Crippen molar-refractivity contribution in [3.8, 4) is 0 Å². The summed E-state index contributed by atoms with van der Waals surface area (Å²) in [7, 11) is 0. The van der Waals surface area contributed by atoms with Gasteiger partial charge in [0.05, 0.1) is 0 Å². The van der Waals surface area contributed by atoms with Crippen LogP contribution in [0.1, 0.15) is 6.92 Å². The van der Waals surface area contributed by atoms with E-state index in [0.717, 1.165) is 0 Å². The van der Waals surface area contributed by atoms with E-state index in [9.17, 15) is 0 Å². The second kappa shape index (κ2) is 9.10. The average Bonchev–Trinajstić information content (AvgIpc) is 1.80. The molecule has 3 N–H and O–H groups in total. The largest absolute Gasteiger partial charge is 0.367 e. The SMILES string of the molecule is Br.CC=CCNCC(O)O. The van der Waals surface area contributed by atoms with Crippen molar-refractivity contribution in [3.63, 3.8) is 0 Å². The van der Waals surface area contributed by atoms with Gasteiger partial charge in [-0.15, -0.1) is 17.0 Å². The molecule has 0 bridgehead atoms. The van der Waals surface area contributed by atoms with Gasteiger partial charge in [0.2, 0.25) is 0 Å². The van der Waals surface area contributed by atoms with Gasteiger partial charge < -0.3 is 15.5 Å². The zero-order valence-corrected chi connectivity index (χ0v) is 7.66. The molecular weight excluding hydrogens is 198 g/mol. The van der Waals surface area contributed by atoms with Crippen LogP contribution in [0.2, 0.25) is 0 Å². The molecule has 0 saturated heterocycles. The van der Waals surface area contributed by atoms with Crippen LogP contribution >= 0.6 is 17.0 Å². The van der Waals surface area contributed by atoms with Crippen LogP contribution in [0.15, 0.2) is 12.2 Å². The average molecular weight is 212 g/mol. The third-order valence-electron chi connectivity index (χ3n) is 0.825. The maximum absolute atomic E-state index is 8.32. The number of halogens is 1. The number of nitrogens with one attached hydrogen (secondary N) is 1. The van der Waals surface area contributed by atoms with Gasteiger partial charge in [-0.3, -0.25) is 0 Å². The lowest BCUT2D eigenvalue weighted by Crippen LogP contribution is -2.26. The number of hydrogen-bond acceptors (Lipinski definition) is 3. The molecule has 0 atom stereocenters. The van der Waals surface area contributed by atoms with E-state index >= 15 is 0 Å². The Kier molecular flexibility index (Phi) is 11.6. The van der Waals surface area contributed by atoms with E-state index in [1.807, 2.05) is 19.1 Å². The number of aliphatic hydroxyl groups is 2. The first-order valence-electron chi connectivity index (χ1n) is 2.95. The Morgan fingerprint density at radius 3 is 2.50 bits per heavy atom. The lowest BCUT2D eigenvalue weighted by Gasteiger charge is -2.01. The summed E-state index contributed by atoms with van der Waals surface area (Å²) in [5, 5.41) is 19.4. The van der Waals surface area contributed by atoms with Gasteiger partial charge in [0.25, 0.3) is 0 Å². The third-order valence-corrected chi connectivity index (χ3v) is 0.825. The highest BCUT2D eigenvalue weighted by Crippen LogP contribution is 1.70. The number of allylic oxidation sites excluding steroid dienone is 1. The lowest BCUT2D eigenvalue weighted by molar-refractivity contribution is -0.0365. The minimum Gasteiger partial charge on any atom is -0.367 e. The summed E-state index contributed by atoms with van der Waals surface area (Å²) < 4.78 is 0. The molecule has 0 aromatic rings. The normalized spacial score (nSPS) is 10.4. The van der Waals surface area contributed by atoms with Gasteiger partial charge >= 0.3 is 0 Å². The molecule has 0 amide bonds. The van der Waals surface area contributed by atoms with E-state index in [2.05, 4.69) is 5.32 Å². The highest BCUT2D eigenvalue weighted by Gasteiger charge is 1.91. The van der Waals surface area contributed by atoms with Crippen molar-refractivity contribution in [1.82, 2.24) is 5.32 Å². The molecule has 4 heteroatoms. The monoisotopic (exact) mass is 211 g/mol. The van der Waals surface area contributed by atoms with Crippen molar-refractivity contribution in [2.45, 2.75) is 13.2 Å². The highest BCUT2D eigenvalue weighted by atomic mass is 79.9. The molecule has 0 aliphatic heterocycles.